The summed E-state index contributed by atoms with van der Waals surface area (Å²) in [5, 5.41) is 3.39. The van der Waals surface area contributed by atoms with Gasteiger partial charge in [0.1, 0.15) is 0 Å². The van der Waals surface area contributed by atoms with Crippen LogP contribution in [0.2, 0.25) is 0 Å². The van der Waals surface area contributed by atoms with Crippen molar-refractivity contribution in [2.45, 2.75) is 46.2 Å². The molecule has 1 N–H and O–H groups in total. The van der Waals surface area contributed by atoms with Gasteiger partial charge in [0.25, 0.3) is 0 Å². The first-order valence-electron chi connectivity index (χ1n) is 7.28. The van der Waals surface area contributed by atoms with Crippen LogP contribution in [0.25, 0.3) is 0 Å². The van der Waals surface area contributed by atoms with E-state index in [-0.39, 0.29) is 0 Å². The van der Waals surface area contributed by atoms with Crippen LogP contribution >= 0.6 is 11.3 Å². The van der Waals surface area contributed by atoms with E-state index in [4.69, 9.17) is 0 Å². The summed E-state index contributed by atoms with van der Waals surface area (Å²) in [4.78, 5) is 5.62. The van der Waals surface area contributed by atoms with Gasteiger partial charge in [0.05, 0.1) is 0 Å². The zero-order valence-electron chi connectivity index (χ0n) is 11.7. The lowest BCUT2D eigenvalue weighted by atomic mass is 10.0. The third-order valence-corrected chi connectivity index (χ3v) is 4.83. The van der Waals surface area contributed by atoms with E-state index in [1.54, 1.807) is 0 Å². The average Bonchev–Trinajstić information content (AvgIpc) is 2.70. The summed E-state index contributed by atoms with van der Waals surface area (Å²) >= 11 is 1.97. The van der Waals surface area contributed by atoms with Gasteiger partial charge in [-0.25, -0.2) is 0 Å². The monoisotopic (exact) mass is 266 g/mol. The fourth-order valence-corrected chi connectivity index (χ4v) is 3.58. The van der Waals surface area contributed by atoms with Gasteiger partial charge in [0.2, 0.25) is 0 Å². The highest BCUT2D eigenvalue weighted by atomic mass is 32.1. The van der Waals surface area contributed by atoms with Crippen LogP contribution in [-0.2, 0) is 13.1 Å². The first-order valence-corrected chi connectivity index (χ1v) is 8.10. The molecule has 102 valence electrons. The van der Waals surface area contributed by atoms with E-state index < -0.39 is 0 Å². The standard InChI is InChI=1S/C15H26N2S/c1-3-16-11-14-6-7-15(18-14)12-17-9-4-5-13(2)8-10-17/h6-7,13,16H,3-5,8-12H2,1-2H3. The van der Waals surface area contributed by atoms with Crippen LogP contribution in [0, 0.1) is 5.92 Å². The molecule has 1 aromatic heterocycles. The van der Waals surface area contributed by atoms with E-state index in [2.05, 4.69) is 36.2 Å². The number of rotatable bonds is 5. The minimum atomic E-state index is 0.919. The van der Waals surface area contributed by atoms with Gasteiger partial charge in [-0.2, -0.15) is 0 Å². The second-order valence-electron chi connectivity index (χ2n) is 5.46. The van der Waals surface area contributed by atoms with E-state index in [9.17, 15) is 0 Å². The Balaban J connectivity index is 1.82. The van der Waals surface area contributed by atoms with Crippen molar-refractivity contribution in [1.29, 1.82) is 0 Å². The second kappa shape index (κ2) is 7.27. The number of thiophene rings is 1. The van der Waals surface area contributed by atoms with Gasteiger partial charge in [0, 0.05) is 22.8 Å². The van der Waals surface area contributed by atoms with Crippen molar-refractivity contribution >= 4 is 11.3 Å². The summed E-state index contributed by atoms with van der Waals surface area (Å²) in [6.07, 6.45) is 4.15. The van der Waals surface area contributed by atoms with Crippen molar-refractivity contribution < 1.29 is 0 Å². The number of hydrogen-bond donors (Lipinski definition) is 1. The summed E-state index contributed by atoms with van der Waals surface area (Å²) in [6, 6.07) is 4.59. The first kappa shape index (κ1) is 14.0. The van der Waals surface area contributed by atoms with Crippen LogP contribution in [0.3, 0.4) is 0 Å². The molecule has 1 aliphatic rings. The third-order valence-electron chi connectivity index (χ3n) is 3.76. The highest BCUT2D eigenvalue weighted by Crippen LogP contribution is 2.22. The summed E-state index contributed by atoms with van der Waals surface area (Å²) in [7, 11) is 0. The highest BCUT2D eigenvalue weighted by Gasteiger charge is 2.14. The van der Waals surface area contributed by atoms with Gasteiger partial charge in [-0.1, -0.05) is 13.8 Å². The lowest BCUT2D eigenvalue weighted by Crippen LogP contribution is -2.23. The smallest absolute Gasteiger partial charge is 0.0328 e. The molecular formula is C15H26N2S. The van der Waals surface area contributed by atoms with Gasteiger partial charge in [-0.05, 0) is 56.9 Å². The van der Waals surface area contributed by atoms with Gasteiger partial charge < -0.3 is 5.32 Å². The molecule has 0 bridgehead atoms. The molecule has 0 amide bonds. The van der Waals surface area contributed by atoms with E-state index in [1.807, 2.05) is 11.3 Å². The second-order valence-corrected chi connectivity index (χ2v) is 6.71. The number of nitrogens with zero attached hydrogens (tertiary/aromatic N) is 1. The zero-order chi connectivity index (χ0) is 12.8. The predicted molar refractivity (Wildman–Crippen MR) is 80.0 cm³/mol. The van der Waals surface area contributed by atoms with Crippen LogP contribution in [0.5, 0.6) is 0 Å². The molecule has 0 saturated carbocycles. The molecule has 0 aliphatic carbocycles. The minimum absolute atomic E-state index is 0.919. The average molecular weight is 266 g/mol. The van der Waals surface area contributed by atoms with Crippen molar-refractivity contribution in [3.05, 3.63) is 21.9 Å². The highest BCUT2D eigenvalue weighted by molar-refractivity contribution is 7.11. The Bertz CT molecular complexity index is 348. The maximum atomic E-state index is 3.39. The molecule has 2 rings (SSSR count). The Kier molecular flexibility index (Phi) is 5.67. The third kappa shape index (κ3) is 4.38. The molecule has 1 fully saturated rings. The van der Waals surface area contributed by atoms with Crippen molar-refractivity contribution in [2.24, 2.45) is 5.92 Å². The summed E-state index contributed by atoms with van der Waals surface area (Å²) in [6.45, 7) is 10.3. The molecule has 0 radical (unpaired) electrons. The Hall–Kier alpha value is -0.380. The number of nitrogens with one attached hydrogen (secondary N) is 1. The van der Waals surface area contributed by atoms with Crippen LogP contribution in [0.1, 0.15) is 42.9 Å². The number of likely N-dealkylation sites (tertiary alicyclic amines) is 1. The van der Waals surface area contributed by atoms with Crippen molar-refractivity contribution in [3.63, 3.8) is 0 Å². The zero-order valence-corrected chi connectivity index (χ0v) is 12.6. The van der Waals surface area contributed by atoms with E-state index in [0.29, 0.717) is 0 Å². The molecular weight excluding hydrogens is 240 g/mol. The van der Waals surface area contributed by atoms with Crippen LogP contribution in [0.4, 0.5) is 0 Å². The first-order chi connectivity index (χ1) is 8.78. The Morgan fingerprint density at radius 2 is 2.11 bits per heavy atom. The molecule has 2 nitrogen and oxygen atoms in total. The molecule has 2 heterocycles. The Morgan fingerprint density at radius 1 is 1.28 bits per heavy atom. The molecule has 3 heteroatoms. The number of hydrogen-bond acceptors (Lipinski definition) is 3. The molecule has 18 heavy (non-hydrogen) atoms. The molecule has 0 spiro atoms. The van der Waals surface area contributed by atoms with Gasteiger partial charge in [-0.3, -0.25) is 4.90 Å². The minimum Gasteiger partial charge on any atom is -0.312 e. The van der Waals surface area contributed by atoms with Gasteiger partial charge in [0.15, 0.2) is 0 Å². The topological polar surface area (TPSA) is 15.3 Å². The van der Waals surface area contributed by atoms with Crippen molar-refractivity contribution in [2.75, 3.05) is 19.6 Å². The largest absolute Gasteiger partial charge is 0.312 e. The van der Waals surface area contributed by atoms with Gasteiger partial charge in [-0.15, -0.1) is 11.3 Å². The van der Waals surface area contributed by atoms with E-state index in [0.717, 1.165) is 25.6 Å². The fraction of sp³-hybridized carbons (Fsp3) is 0.733. The predicted octanol–water partition coefficient (Wildman–Crippen LogP) is 3.48. The van der Waals surface area contributed by atoms with Crippen LogP contribution < -0.4 is 5.32 Å². The molecule has 1 saturated heterocycles. The quantitative estimate of drug-likeness (QED) is 0.878. The fourth-order valence-electron chi connectivity index (χ4n) is 2.55. The van der Waals surface area contributed by atoms with Crippen LogP contribution in [-0.4, -0.2) is 24.5 Å². The van der Waals surface area contributed by atoms with E-state index >= 15 is 0 Å². The van der Waals surface area contributed by atoms with Crippen molar-refractivity contribution in [3.8, 4) is 0 Å². The van der Waals surface area contributed by atoms with Gasteiger partial charge >= 0.3 is 0 Å². The molecule has 1 aliphatic heterocycles. The van der Waals surface area contributed by atoms with E-state index in [1.165, 1.54) is 42.1 Å². The summed E-state index contributed by atoms with van der Waals surface area (Å²) in [5.74, 6) is 0.919. The lowest BCUT2D eigenvalue weighted by Gasteiger charge is -2.18. The molecule has 1 aromatic rings. The van der Waals surface area contributed by atoms with Crippen molar-refractivity contribution in [1.82, 2.24) is 10.2 Å². The maximum absolute atomic E-state index is 3.39. The summed E-state index contributed by atoms with van der Waals surface area (Å²) in [5.41, 5.74) is 0. The lowest BCUT2D eigenvalue weighted by molar-refractivity contribution is 0.276. The molecule has 1 unspecified atom stereocenters. The molecule has 1 atom stereocenters. The normalized spacial score (nSPS) is 22.0. The molecule has 0 aromatic carbocycles. The van der Waals surface area contributed by atoms with Crippen LogP contribution in [0.15, 0.2) is 12.1 Å². The maximum Gasteiger partial charge on any atom is 0.0328 e. The SMILES string of the molecule is CCNCc1ccc(CN2CCCC(C)CC2)s1. The summed E-state index contributed by atoms with van der Waals surface area (Å²) < 4.78 is 0. The Labute approximate surface area is 115 Å². The Morgan fingerprint density at radius 3 is 2.94 bits per heavy atom.